The van der Waals surface area contributed by atoms with E-state index in [1.807, 2.05) is 13.0 Å². The largest absolute Gasteiger partial charge is 0.326 e. The molecule has 1 heterocycles. The first-order valence-electron chi connectivity index (χ1n) is 6.30. The molecule has 94 valence electrons. The normalized spacial score (nSPS) is 20.2. The number of nitrogens with two attached hydrogens (primary N) is 1. The van der Waals surface area contributed by atoms with Gasteiger partial charge < -0.3 is 5.73 Å². The molecule has 2 N–H and O–H groups in total. The van der Waals surface area contributed by atoms with E-state index in [-0.39, 0.29) is 17.9 Å². The van der Waals surface area contributed by atoms with Crippen LogP contribution < -0.4 is 5.73 Å². The fourth-order valence-electron chi connectivity index (χ4n) is 2.45. The molecule has 0 radical (unpaired) electrons. The van der Waals surface area contributed by atoms with Gasteiger partial charge in [0.2, 0.25) is 0 Å². The van der Waals surface area contributed by atoms with Crippen molar-refractivity contribution < 1.29 is 9.59 Å². The summed E-state index contributed by atoms with van der Waals surface area (Å²) in [4.78, 5) is 25.6. The predicted molar refractivity (Wildman–Crippen MR) is 67.2 cm³/mol. The van der Waals surface area contributed by atoms with Crippen molar-refractivity contribution in [2.24, 2.45) is 11.7 Å². The van der Waals surface area contributed by atoms with Crippen LogP contribution in [0.2, 0.25) is 0 Å². The Morgan fingerprint density at radius 2 is 1.94 bits per heavy atom. The van der Waals surface area contributed by atoms with Gasteiger partial charge in [0.05, 0.1) is 11.1 Å². The van der Waals surface area contributed by atoms with Crippen LogP contribution in [0.25, 0.3) is 0 Å². The van der Waals surface area contributed by atoms with E-state index in [0.29, 0.717) is 23.6 Å². The zero-order valence-corrected chi connectivity index (χ0v) is 10.3. The summed E-state index contributed by atoms with van der Waals surface area (Å²) >= 11 is 0. The Morgan fingerprint density at radius 1 is 1.28 bits per heavy atom. The zero-order valence-electron chi connectivity index (χ0n) is 10.3. The summed E-state index contributed by atoms with van der Waals surface area (Å²) in [5.41, 5.74) is 8.02. The summed E-state index contributed by atoms with van der Waals surface area (Å²) in [7, 11) is 0. The Bertz CT molecular complexity index is 535. The quantitative estimate of drug-likeness (QED) is 0.816. The van der Waals surface area contributed by atoms with Gasteiger partial charge in [0, 0.05) is 12.6 Å². The first-order valence-corrected chi connectivity index (χ1v) is 6.30. The number of amides is 2. The lowest BCUT2D eigenvalue weighted by Gasteiger charge is -2.18. The number of hydrogen-bond acceptors (Lipinski definition) is 3. The van der Waals surface area contributed by atoms with E-state index in [2.05, 4.69) is 0 Å². The predicted octanol–water partition coefficient (Wildman–Crippen LogP) is 1.33. The third-order valence-electron chi connectivity index (χ3n) is 3.75. The molecule has 18 heavy (non-hydrogen) atoms. The molecule has 0 aromatic heterocycles. The van der Waals surface area contributed by atoms with Crippen LogP contribution in [-0.4, -0.2) is 29.3 Å². The van der Waals surface area contributed by atoms with Crippen molar-refractivity contribution in [2.75, 3.05) is 6.54 Å². The third kappa shape index (κ3) is 1.73. The van der Waals surface area contributed by atoms with Crippen LogP contribution in [0.1, 0.15) is 39.1 Å². The summed E-state index contributed by atoms with van der Waals surface area (Å²) in [6, 6.07) is 5.29. The minimum atomic E-state index is -0.203. The van der Waals surface area contributed by atoms with Crippen LogP contribution in [0.5, 0.6) is 0 Å². The van der Waals surface area contributed by atoms with Gasteiger partial charge in [0.1, 0.15) is 0 Å². The topological polar surface area (TPSA) is 63.4 Å². The number of rotatable bonds is 3. The molecule has 1 fully saturated rings. The lowest BCUT2D eigenvalue weighted by atomic mass is 10.1. The molecular weight excluding hydrogens is 228 g/mol. The Labute approximate surface area is 106 Å². The van der Waals surface area contributed by atoms with Crippen LogP contribution in [-0.2, 0) is 0 Å². The maximum atomic E-state index is 12.2. The number of aryl methyl sites for hydroxylation is 1. The number of fused-ring (bicyclic) bond motifs is 1. The first kappa shape index (κ1) is 11.4. The highest BCUT2D eigenvalue weighted by Crippen LogP contribution is 2.33. The maximum Gasteiger partial charge on any atom is 0.261 e. The minimum absolute atomic E-state index is 0.0756. The second-order valence-corrected chi connectivity index (χ2v) is 5.27. The maximum absolute atomic E-state index is 12.2. The molecule has 4 heteroatoms. The van der Waals surface area contributed by atoms with Crippen molar-refractivity contribution in [2.45, 2.75) is 25.8 Å². The Hall–Kier alpha value is -1.68. The standard InChI is InChI=1S/C14H16N2O2/c1-8-2-5-10-11(6-8)14(18)16(13(10)17)7-12(15)9-3-4-9/h2,5-6,9,12H,3-4,7,15H2,1H3. The molecule has 1 saturated carbocycles. The van der Waals surface area contributed by atoms with Crippen LogP contribution in [0.4, 0.5) is 0 Å². The Balaban J connectivity index is 1.86. The van der Waals surface area contributed by atoms with E-state index < -0.39 is 0 Å². The second-order valence-electron chi connectivity index (χ2n) is 5.27. The van der Waals surface area contributed by atoms with Crippen molar-refractivity contribution >= 4 is 11.8 Å². The van der Waals surface area contributed by atoms with Gasteiger partial charge in [0.25, 0.3) is 11.8 Å². The summed E-state index contributed by atoms with van der Waals surface area (Å²) in [5.74, 6) is 0.0805. The lowest BCUT2D eigenvalue weighted by Crippen LogP contribution is -2.41. The van der Waals surface area contributed by atoms with Gasteiger partial charge in [0.15, 0.2) is 0 Å². The van der Waals surface area contributed by atoms with Crippen molar-refractivity contribution in [3.05, 3.63) is 34.9 Å². The van der Waals surface area contributed by atoms with Crippen LogP contribution in [0.15, 0.2) is 18.2 Å². The van der Waals surface area contributed by atoms with Crippen molar-refractivity contribution in [3.8, 4) is 0 Å². The number of nitrogens with zero attached hydrogens (tertiary/aromatic N) is 1. The van der Waals surface area contributed by atoms with Crippen LogP contribution in [0, 0.1) is 12.8 Å². The van der Waals surface area contributed by atoms with Crippen LogP contribution in [0.3, 0.4) is 0 Å². The first-order chi connectivity index (χ1) is 8.58. The number of benzene rings is 1. The zero-order chi connectivity index (χ0) is 12.9. The molecule has 1 aromatic carbocycles. The number of imide groups is 1. The van der Waals surface area contributed by atoms with Crippen molar-refractivity contribution in [1.29, 1.82) is 0 Å². The van der Waals surface area contributed by atoms with Gasteiger partial charge in [-0.25, -0.2) is 0 Å². The third-order valence-corrected chi connectivity index (χ3v) is 3.75. The van der Waals surface area contributed by atoms with Gasteiger partial charge in [-0.05, 0) is 37.8 Å². The number of hydrogen-bond donors (Lipinski definition) is 1. The molecule has 0 bridgehead atoms. The fraction of sp³-hybridized carbons (Fsp3) is 0.429. The SMILES string of the molecule is Cc1ccc2c(c1)C(=O)N(CC(N)C1CC1)C2=O. The van der Waals surface area contributed by atoms with Gasteiger partial charge in [-0.15, -0.1) is 0 Å². The molecule has 1 aliphatic heterocycles. The fourth-order valence-corrected chi connectivity index (χ4v) is 2.45. The highest BCUT2D eigenvalue weighted by atomic mass is 16.2. The molecule has 1 atom stereocenters. The average molecular weight is 244 g/mol. The Morgan fingerprint density at radius 3 is 2.61 bits per heavy atom. The Kier molecular flexibility index (Phi) is 2.48. The van der Waals surface area contributed by atoms with E-state index >= 15 is 0 Å². The van der Waals surface area contributed by atoms with E-state index in [1.165, 1.54) is 4.90 Å². The summed E-state index contributed by atoms with van der Waals surface area (Å²) in [6.07, 6.45) is 2.23. The van der Waals surface area contributed by atoms with Gasteiger partial charge >= 0.3 is 0 Å². The number of carbonyl (C=O) groups is 2. The molecule has 1 unspecified atom stereocenters. The van der Waals surface area contributed by atoms with Gasteiger partial charge in [-0.2, -0.15) is 0 Å². The summed E-state index contributed by atoms with van der Waals surface area (Å²) in [6.45, 7) is 2.26. The monoisotopic (exact) mass is 244 g/mol. The van der Waals surface area contributed by atoms with Gasteiger partial charge in [-0.3, -0.25) is 14.5 Å². The van der Waals surface area contributed by atoms with E-state index in [0.717, 1.165) is 18.4 Å². The molecule has 3 rings (SSSR count). The lowest BCUT2D eigenvalue weighted by molar-refractivity contribution is 0.0641. The second kappa shape index (κ2) is 3.92. The van der Waals surface area contributed by atoms with Gasteiger partial charge in [-0.1, -0.05) is 11.6 Å². The smallest absolute Gasteiger partial charge is 0.261 e. The highest BCUT2D eigenvalue weighted by molar-refractivity contribution is 6.21. The molecule has 1 aliphatic carbocycles. The minimum Gasteiger partial charge on any atom is -0.326 e. The average Bonchev–Trinajstić information content (AvgIpc) is 3.15. The van der Waals surface area contributed by atoms with E-state index in [1.54, 1.807) is 12.1 Å². The summed E-state index contributed by atoms with van der Waals surface area (Å²) in [5, 5.41) is 0. The van der Waals surface area contributed by atoms with Crippen molar-refractivity contribution in [3.63, 3.8) is 0 Å². The summed E-state index contributed by atoms with van der Waals surface area (Å²) < 4.78 is 0. The molecule has 0 spiro atoms. The molecule has 2 amide bonds. The van der Waals surface area contributed by atoms with Crippen LogP contribution >= 0.6 is 0 Å². The highest BCUT2D eigenvalue weighted by Gasteiger charge is 2.39. The molecule has 1 aromatic rings. The van der Waals surface area contributed by atoms with E-state index in [9.17, 15) is 9.59 Å². The molecule has 4 nitrogen and oxygen atoms in total. The molecule has 2 aliphatic rings. The number of carbonyl (C=O) groups excluding carboxylic acids is 2. The molecule has 0 saturated heterocycles. The van der Waals surface area contributed by atoms with E-state index in [4.69, 9.17) is 5.73 Å². The molecular formula is C14H16N2O2. The van der Waals surface area contributed by atoms with Crippen molar-refractivity contribution in [1.82, 2.24) is 4.90 Å².